The van der Waals surface area contributed by atoms with E-state index < -0.39 is 33.0 Å². The number of ether oxygens (including phenoxy) is 1. The number of hydrogen-bond donors (Lipinski definition) is 1. The van der Waals surface area contributed by atoms with Crippen molar-refractivity contribution in [3.05, 3.63) is 35.4 Å². The normalized spacial score (nSPS) is 22.6. The van der Waals surface area contributed by atoms with Gasteiger partial charge in [0.1, 0.15) is 11.6 Å². The van der Waals surface area contributed by atoms with Crippen molar-refractivity contribution < 1.29 is 21.9 Å². The SMILES string of the molecule is CO[C@]1(CNS(=O)(=O)Cc2cc(F)ccc2F)CCSC1. The van der Waals surface area contributed by atoms with Crippen molar-refractivity contribution in [2.45, 2.75) is 17.8 Å². The Labute approximate surface area is 127 Å². The van der Waals surface area contributed by atoms with Crippen LogP contribution in [0.2, 0.25) is 0 Å². The second-order valence-corrected chi connectivity index (χ2v) is 7.92. The van der Waals surface area contributed by atoms with Gasteiger partial charge in [0.25, 0.3) is 0 Å². The Balaban J connectivity index is 2.03. The van der Waals surface area contributed by atoms with E-state index >= 15 is 0 Å². The van der Waals surface area contributed by atoms with E-state index in [1.54, 1.807) is 18.9 Å². The first kappa shape index (κ1) is 16.7. The highest BCUT2D eigenvalue weighted by Crippen LogP contribution is 2.30. The van der Waals surface area contributed by atoms with E-state index in [0.717, 1.165) is 30.4 Å². The summed E-state index contributed by atoms with van der Waals surface area (Å²) in [6.07, 6.45) is 0.755. The molecule has 0 radical (unpaired) electrons. The smallest absolute Gasteiger partial charge is 0.215 e. The molecule has 4 nitrogen and oxygen atoms in total. The van der Waals surface area contributed by atoms with Crippen molar-refractivity contribution in [1.29, 1.82) is 0 Å². The minimum Gasteiger partial charge on any atom is -0.376 e. The lowest BCUT2D eigenvalue weighted by Crippen LogP contribution is -2.44. The summed E-state index contributed by atoms with van der Waals surface area (Å²) in [6, 6.07) is 2.77. The lowest BCUT2D eigenvalue weighted by molar-refractivity contribution is 0.0179. The fourth-order valence-electron chi connectivity index (χ4n) is 2.11. The predicted octanol–water partition coefficient (Wildman–Crippen LogP) is 1.91. The summed E-state index contributed by atoms with van der Waals surface area (Å²) in [5, 5.41) is 0. The minimum absolute atomic E-state index is 0.135. The molecule has 1 heterocycles. The van der Waals surface area contributed by atoms with Gasteiger partial charge in [0.05, 0.1) is 11.4 Å². The number of benzene rings is 1. The lowest BCUT2D eigenvalue weighted by Gasteiger charge is -2.26. The zero-order valence-corrected chi connectivity index (χ0v) is 13.2. The fraction of sp³-hybridized carbons (Fsp3) is 0.538. The molecule has 8 heteroatoms. The molecule has 0 amide bonds. The Kier molecular flexibility index (Phi) is 5.24. The van der Waals surface area contributed by atoms with E-state index in [9.17, 15) is 17.2 Å². The number of rotatable bonds is 6. The molecule has 1 atom stereocenters. The summed E-state index contributed by atoms with van der Waals surface area (Å²) in [5.41, 5.74) is -0.701. The monoisotopic (exact) mass is 337 g/mol. The lowest BCUT2D eigenvalue weighted by atomic mass is 10.0. The van der Waals surface area contributed by atoms with Gasteiger partial charge in [-0.05, 0) is 30.4 Å². The Morgan fingerprint density at radius 3 is 2.81 bits per heavy atom. The van der Waals surface area contributed by atoms with Gasteiger partial charge in [0, 0.05) is 25.0 Å². The molecule has 1 saturated heterocycles. The molecule has 1 aromatic rings. The highest BCUT2D eigenvalue weighted by atomic mass is 32.2. The van der Waals surface area contributed by atoms with Gasteiger partial charge in [-0.1, -0.05) is 0 Å². The summed E-state index contributed by atoms with van der Waals surface area (Å²) < 4.78 is 58.4. The van der Waals surface area contributed by atoms with Gasteiger partial charge in [0.2, 0.25) is 10.0 Å². The molecular formula is C13H17F2NO3S2. The number of sulfonamides is 1. The first-order valence-corrected chi connectivity index (χ1v) is 9.21. The quantitative estimate of drug-likeness (QED) is 0.861. The fourth-order valence-corrected chi connectivity index (χ4v) is 4.72. The van der Waals surface area contributed by atoms with Crippen molar-refractivity contribution in [3.63, 3.8) is 0 Å². The topological polar surface area (TPSA) is 55.4 Å². The Morgan fingerprint density at radius 1 is 1.43 bits per heavy atom. The van der Waals surface area contributed by atoms with E-state index in [0.29, 0.717) is 5.75 Å². The second-order valence-electron chi connectivity index (χ2n) is 5.01. The summed E-state index contributed by atoms with van der Waals surface area (Å²) in [7, 11) is -2.21. The Morgan fingerprint density at radius 2 is 2.19 bits per heavy atom. The predicted molar refractivity (Wildman–Crippen MR) is 78.7 cm³/mol. The van der Waals surface area contributed by atoms with Crippen LogP contribution in [0.15, 0.2) is 18.2 Å². The van der Waals surface area contributed by atoms with Crippen LogP contribution >= 0.6 is 11.8 Å². The third kappa shape index (κ3) is 4.38. The molecule has 0 bridgehead atoms. The third-order valence-electron chi connectivity index (χ3n) is 3.47. The number of hydrogen-bond acceptors (Lipinski definition) is 4. The molecule has 1 fully saturated rings. The Hall–Kier alpha value is -0.700. The minimum atomic E-state index is -3.76. The number of thioether (sulfide) groups is 1. The van der Waals surface area contributed by atoms with Gasteiger partial charge in [0.15, 0.2) is 0 Å². The molecular weight excluding hydrogens is 320 g/mol. The molecule has 118 valence electrons. The second kappa shape index (κ2) is 6.60. The molecule has 0 aliphatic carbocycles. The third-order valence-corrected chi connectivity index (χ3v) is 5.97. The number of nitrogens with one attached hydrogen (secondary N) is 1. The average molecular weight is 337 g/mol. The maximum absolute atomic E-state index is 13.5. The molecule has 1 aliphatic heterocycles. The van der Waals surface area contributed by atoms with Gasteiger partial charge in [-0.15, -0.1) is 0 Å². The van der Waals surface area contributed by atoms with Crippen molar-refractivity contribution in [2.24, 2.45) is 0 Å². The van der Waals surface area contributed by atoms with E-state index in [1.807, 2.05) is 0 Å². The van der Waals surface area contributed by atoms with Crippen LogP contribution in [0.3, 0.4) is 0 Å². The molecule has 0 spiro atoms. The molecule has 1 N–H and O–H groups in total. The van der Waals surface area contributed by atoms with E-state index in [4.69, 9.17) is 4.74 Å². The van der Waals surface area contributed by atoms with Gasteiger partial charge < -0.3 is 4.74 Å². The first-order chi connectivity index (χ1) is 9.86. The summed E-state index contributed by atoms with van der Waals surface area (Å²) in [4.78, 5) is 0. The molecule has 1 aromatic carbocycles. The van der Waals surface area contributed by atoms with E-state index in [2.05, 4.69) is 4.72 Å². The molecule has 1 aliphatic rings. The van der Waals surface area contributed by atoms with Crippen molar-refractivity contribution in [2.75, 3.05) is 25.2 Å². The highest BCUT2D eigenvalue weighted by Gasteiger charge is 2.35. The largest absolute Gasteiger partial charge is 0.376 e. The van der Waals surface area contributed by atoms with Crippen LogP contribution in [-0.4, -0.2) is 39.2 Å². The van der Waals surface area contributed by atoms with Crippen LogP contribution < -0.4 is 4.72 Å². The van der Waals surface area contributed by atoms with Crippen molar-refractivity contribution in [3.8, 4) is 0 Å². The van der Waals surface area contributed by atoms with Crippen LogP contribution in [0.4, 0.5) is 8.78 Å². The summed E-state index contributed by atoms with van der Waals surface area (Å²) in [5.74, 6) is -0.375. The van der Waals surface area contributed by atoms with Crippen LogP contribution in [0.1, 0.15) is 12.0 Å². The maximum atomic E-state index is 13.5. The van der Waals surface area contributed by atoms with Crippen LogP contribution in [0.25, 0.3) is 0 Å². The van der Waals surface area contributed by atoms with Gasteiger partial charge in [-0.2, -0.15) is 11.8 Å². The number of halogens is 2. The van der Waals surface area contributed by atoms with Gasteiger partial charge in [-0.25, -0.2) is 21.9 Å². The standard InChI is InChI=1S/C13H17F2NO3S2/c1-19-13(4-5-20-9-13)8-16-21(17,18)7-10-6-11(14)2-3-12(10)15/h2-3,6,16H,4-5,7-9H2,1H3/t13-/m0/s1. The first-order valence-electron chi connectivity index (χ1n) is 6.40. The molecule has 0 saturated carbocycles. The van der Waals surface area contributed by atoms with Gasteiger partial charge in [-0.3, -0.25) is 0 Å². The van der Waals surface area contributed by atoms with Crippen molar-refractivity contribution >= 4 is 21.8 Å². The van der Waals surface area contributed by atoms with Crippen molar-refractivity contribution in [1.82, 2.24) is 4.72 Å². The van der Waals surface area contributed by atoms with Crippen LogP contribution in [-0.2, 0) is 20.5 Å². The molecule has 2 rings (SSSR count). The van der Waals surface area contributed by atoms with Crippen LogP contribution in [0, 0.1) is 11.6 Å². The summed E-state index contributed by atoms with van der Waals surface area (Å²) in [6.45, 7) is 0.135. The van der Waals surface area contributed by atoms with Crippen LogP contribution in [0.5, 0.6) is 0 Å². The maximum Gasteiger partial charge on any atom is 0.215 e. The average Bonchev–Trinajstić information content (AvgIpc) is 2.90. The Bertz CT molecular complexity index is 601. The number of methoxy groups -OCH3 is 1. The summed E-state index contributed by atoms with van der Waals surface area (Å²) >= 11 is 1.70. The van der Waals surface area contributed by atoms with Gasteiger partial charge >= 0.3 is 0 Å². The zero-order valence-electron chi connectivity index (χ0n) is 11.6. The molecule has 21 heavy (non-hydrogen) atoms. The highest BCUT2D eigenvalue weighted by molar-refractivity contribution is 7.99. The zero-order chi connectivity index (χ0) is 15.5. The molecule has 0 aromatic heterocycles. The van der Waals surface area contributed by atoms with E-state index in [-0.39, 0.29) is 12.1 Å². The molecule has 0 unspecified atom stereocenters. The van der Waals surface area contributed by atoms with E-state index in [1.165, 1.54) is 0 Å².